The van der Waals surface area contributed by atoms with Crippen molar-refractivity contribution < 1.29 is 4.79 Å². The maximum Gasteiger partial charge on any atom is 0.149 e. The van der Waals surface area contributed by atoms with Gasteiger partial charge in [-0.3, -0.25) is 9.48 Å². The number of ketones is 1. The molecule has 72 valence electrons. The van der Waals surface area contributed by atoms with Gasteiger partial charge in [-0.2, -0.15) is 5.10 Å². The first-order valence-corrected chi connectivity index (χ1v) is 4.35. The number of aromatic nitrogens is 2. The second-order valence-electron chi connectivity index (χ2n) is 3.28. The Hall–Kier alpha value is -1.16. The van der Waals surface area contributed by atoms with Crippen molar-refractivity contribution in [1.82, 2.24) is 9.78 Å². The van der Waals surface area contributed by atoms with Gasteiger partial charge < -0.3 is 5.73 Å². The monoisotopic (exact) mass is 181 g/mol. The van der Waals surface area contributed by atoms with Crippen molar-refractivity contribution in [1.29, 1.82) is 0 Å². The van der Waals surface area contributed by atoms with Crippen LogP contribution in [0.5, 0.6) is 0 Å². The summed E-state index contributed by atoms with van der Waals surface area (Å²) >= 11 is 0. The average Bonchev–Trinajstić information content (AvgIpc) is 2.47. The van der Waals surface area contributed by atoms with E-state index < -0.39 is 0 Å². The van der Waals surface area contributed by atoms with Crippen molar-refractivity contribution in [3.8, 4) is 0 Å². The van der Waals surface area contributed by atoms with Crippen LogP contribution < -0.4 is 5.73 Å². The summed E-state index contributed by atoms with van der Waals surface area (Å²) in [5.41, 5.74) is 6.52. The largest absolute Gasteiger partial charge is 0.322 e. The van der Waals surface area contributed by atoms with Crippen LogP contribution in [0.1, 0.15) is 18.9 Å². The highest BCUT2D eigenvalue weighted by atomic mass is 16.1. The van der Waals surface area contributed by atoms with Gasteiger partial charge in [-0.25, -0.2) is 0 Å². The van der Waals surface area contributed by atoms with Crippen LogP contribution in [0.4, 0.5) is 0 Å². The zero-order chi connectivity index (χ0) is 9.84. The lowest BCUT2D eigenvalue weighted by Gasteiger charge is -2.01. The van der Waals surface area contributed by atoms with E-state index >= 15 is 0 Å². The molecule has 4 heteroatoms. The number of hydrogen-bond donors (Lipinski definition) is 1. The number of nitrogens with two attached hydrogens (primary N) is 1. The molecule has 0 aliphatic carbocycles. The number of Topliss-reactive ketones (excluding diaryl/α,β-unsaturated/α-hetero) is 1. The van der Waals surface area contributed by atoms with Crippen LogP contribution in [0.15, 0.2) is 12.4 Å². The summed E-state index contributed by atoms with van der Waals surface area (Å²) in [6.07, 6.45) is 4.92. The smallest absolute Gasteiger partial charge is 0.149 e. The summed E-state index contributed by atoms with van der Waals surface area (Å²) in [6, 6.07) is -0.350. The maximum atomic E-state index is 11.2. The number of nitrogens with zero attached hydrogens (tertiary/aromatic N) is 2. The van der Waals surface area contributed by atoms with Gasteiger partial charge >= 0.3 is 0 Å². The Labute approximate surface area is 77.7 Å². The summed E-state index contributed by atoms with van der Waals surface area (Å²) < 4.78 is 1.73. The molecular weight excluding hydrogens is 166 g/mol. The normalized spacial score (nSPS) is 12.8. The standard InChI is InChI=1S/C9H15N3O/c1-7(10)9(13)4-3-8-5-11-12(2)6-8/h5-7H,3-4,10H2,1-2H3. The van der Waals surface area contributed by atoms with E-state index in [1.54, 1.807) is 17.8 Å². The predicted octanol–water partition coefficient (Wildman–Crippen LogP) is 0.269. The molecule has 1 heterocycles. The molecule has 13 heavy (non-hydrogen) atoms. The van der Waals surface area contributed by atoms with Gasteiger partial charge in [0.25, 0.3) is 0 Å². The molecule has 0 aromatic carbocycles. The lowest BCUT2D eigenvalue weighted by molar-refractivity contribution is -0.119. The van der Waals surface area contributed by atoms with Gasteiger partial charge in [0.05, 0.1) is 12.2 Å². The van der Waals surface area contributed by atoms with Crippen LogP contribution in [0.3, 0.4) is 0 Å². The molecule has 0 amide bonds. The second-order valence-corrected chi connectivity index (χ2v) is 3.28. The number of rotatable bonds is 4. The molecule has 0 radical (unpaired) electrons. The van der Waals surface area contributed by atoms with Crippen molar-refractivity contribution in [2.24, 2.45) is 12.8 Å². The minimum atomic E-state index is -0.350. The van der Waals surface area contributed by atoms with Crippen molar-refractivity contribution in [2.75, 3.05) is 0 Å². The maximum absolute atomic E-state index is 11.2. The summed E-state index contributed by atoms with van der Waals surface area (Å²) in [7, 11) is 1.86. The first-order valence-electron chi connectivity index (χ1n) is 4.35. The first kappa shape index (κ1) is 9.92. The third kappa shape index (κ3) is 2.99. The molecule has 0 aliphatic heterocycles. The Kier molecular flexibility index (Phi) is 3.19. The predicted molar refractivity (Wildman–Crippen MR) is 50.2 cm³/mol. The van der Waals surface area contributed by atoms with Gasteiger partial charge in [-0.05, 0) is 18.9 Å². The van der Waals surface area contributed by atoms with E-state index in [9.17, 15) is 4.79 Å². The Balaban J connectivity index is 2.39. The molecule has 0 saturated carbocycles. The fourth-order valence-electron chi connectivity index (χ4n) is 1.10. The number of carbonyl (C=O) groups excluding carboxylic acids is 1. The van der Waals surface area contributed by atoms with Gasteiger partial charge in [0.15, 0.2) is 0 Å². The quantitative estimate of drug-likeness (QED) is 0.725. The first-order chi connectivity index (χ1) is 6.09. The second kappa shape index (κ2) is 4.18. The molecule has 1 unspecified atom stereocenters. The minimum Gasteiger partial charge on any atom is -0.322 e. The zero-order valence-electron chi connectivity index (χ0n) is 8.03. The van der Waals surface area contributed by atoms with E-state index in [0.29, 0.717) is 6.42 Å². The van der Waals surface area contributed by atoms with Crippen LogP contribution in [0.25, 0.3) is 0 Å². The highest BCUT2D eigenvalue weighted by molar-refractivity contribution is 5.83. The Morgan fingerprint density at radius 3 is 2.92 bits per heavy atom. The van der Waals surface area contributed by atoms with E-state index in [-0.39, 0.29) is 11.8 Å². The lowest BCUT2D eigenvalue weighted by Crippen LogP contribution is -2.26. The highest BCUT2D eigenvalue weighted by Crippen LogP contribution is 2.02. The topological polar surface area (TPSA) is 60.9 Å². The third-order valence-corrected chi connectivity index (χ3v) is 1.93. The van der Waals surface area contributed by atoms with Crippen LogP contribution in [0.2, 0.25) is 0 Å². The number of hydrogen-bond acceptors (Lipinski definition) is 3. The molecule has 1 rings (SSSR count). The van der Waals surface area contributed by atoms with Crippen LogP contribution in [-0.2, 0) is 18.3 Å². The summed E-state index contributed by atoms with van der Waals surface area (Å²) in [4.78, 5) is 11.2. The van der Waals surface area contributed by atoms with Crippen molar-refractivity contribution >= 4 is 5.78 Å². The van der Waals surface area contributed by atoms with Gasteiger partial charge in [-0.15, -0.1) is 0 Å². The fourth-order valence-corrected chi connectivity index (χ4v) is 1.10. The van der Waals surface area contributed by atoms with E-state index in [1.165, 1.54) is 0 Å². The van der Waals surface area contributed by atoms with Crippen LogP contribution in [0, 0.1) is 0 Å². The number of carbonyl (C=O) groups is 1. The van der Waals surface area contributed by atoms with E-state index in [4.69, 9.17) is 5.73 Å². The van der Waals surface area contributed by atoms with Gasteiger partial charge in [0.2, 0.25) is 0 Å². The van der Waals surface area contributed by atoms with Gasteiger partial charge in [-0.1, -0.05) is 0 Å². The zero-order valence-corrected chi connectivity index (χ0v) is 8.03. The van der Waals surface area contributed by atoms with Crippen LogP contribution in [-0.4, -0.2) is 21.6 Å². The van der Waals surface area contributed by atoms with Crippen LogP contribution >= 0.6 is 0 Å². The van der Waals surface area contributed by atoms with Crippen molar-refractivity contribution in [3.63, 3.8) is 0 Å². The molecule has 1 aromatic rings. The molecule has 1 aromatic heterocycles. The molecule has 0 bridgehead atoms. The van der Waals surface area contributed by atoms with Crippen molar-refractivity contribution in [2.45, 2.75) is 25.8 Å². The Morgan fingerprint density at radius 2 is 2.46 bits per heavy atom. The lowest BCUT2D eigenvalue weighted by atomic mass is 10.1. The third-order valence-electron chi connectivity index (χ3n) is 1.93. The van der Waals surface area contributed by atoms with E-state index in [0.717, 1.165) is 12.0 Å². The molecular formula is C9H15N3O. The van der Waals surface area contributed by atoms with E-state index in [1.807, 2.05) is 13.2 Å². The van der Waals surface area contributed by atoms with Crippen molar-refractivity contribution in [3.05, 3.63) is 18.0 Å². The SMILES string of the molecule is CC(N)C(=O)CCc1cnn(C)c1. The average molecular weight is 181 g/mol. The van der Waals surface area contributed by atoms with E-state index in [2.05, 4.69) is 5.10 Å². The molecule has 4 nitrogen and oxygen atoms in total. The molecule has 0 saturated heterocycles. The van der Waals surface area contributed by atoms with Gasteiger partial charge in [0, 0.05) is 19.7 Å². The molecule has 0 fully saturated rings. The number of aryl methyl sites for hydroxylation is 2. The Bertz CT molecular complexity index is 291. The highest BCUT2D eigenvalue weighted by Gasteiger charge is 2.07. The molecule has 0 aliphatic rings. The molecule has 0 spiro atoms. The minimum absolute atomic E-state index is 0.101. The summed E-state index contributed by atoms with van der Waals surface area (Å²) in [5, 5.41) is 4.01. The Morgan fingerprint density at radius 1 is 1.77 bits per heavy atom. The van der Waals surface area contributed by atoms with Gasteiger partial charge in [0.1, 0.15) is 5.78 Å². The fraction of sp³-hybridized carbons (Fsp3) is 0.556. The molecule has 1 atom stereocenters. The molecule has 2 N–H and O–H groups in total. The summed E-state index contributed by atoms with van der Waals surface area (Å²) in [6.45, 7) is 1.71. The summed E-state index contributed by atoms with van der Waals surface area (Å²) in [5.74, 6) is 0.101.